The van der Waals surface area contributed by atoms with Crippen molar-refractivity contribution in [1.29, 1.82) is 0 Å². The Morgan fingerprint density at radius 2 is 2.27 bits per heavy atom. The van der Waals surface area contributed by atoms with Gasteiger partial charge >= 0.3 is 0 Å². The second kappa shape index (κ2) is 4.80. The SMILES string of the molecule is CS(=O)(=O)CCNC(=O)c1ccoc1Br. The van der Waals surface area contributed by atoms with E-state index in [9.17, 15) is 13.2 Å². The van der Waals surface area contributed by atoms with Crippen molar-refractivity contribution in [3.8, 4) is 0 Å². The molecule has 0 fully saturated rings. The van der Waals surface area contributed by atoms with Gasteiger partial charge in [-0.2, -0.15) is 0 Å². The van der Waals surface area contributed by atoms with Gasteiger partial charge in [-0.1, -0.05) is 0 Å². The van der Waals surface area contributed by atoms with E-state index in [-0.39, 0.29) is 18.2 Å². The summed E-state index contributed by atoms with van der Waals surface area (Å²) in [5, 5.41) is 2.47. The minimum atomic E-state index is -3.05. The van der Waals surface area contributed by atoms with E-state index in [1.54, 1.807) is 0 Å². The van der Waals surface area contributed by atoms with Crippen molar-refractivity contribution < 1.29 is 17.6 Å². The molecule has 0 aliphatic rings. The largest absolute Gasteiger partial charge is 0.457 e. The van der Waals surface area contributed by atoms with Gasteiger partial charge in [-0.15, -0.1) is 0 Å². The topological polar surface area (TPSA) is 76.4 Å². The molecule has 1 aromatic rings. The Kier molecular flexibility index (Phi) is 3.92. The fourth-order valence-electron chi connectivity index (χ4n) is 0.901. The zero-order valence-electron chi connectivity index (χ0n) is 7.99. The predicted octanol–water partition coefficient (Wildman–Crippen LogP) is 0.816. The van der Waals surface area contributed by atoms with Gasteiger partial charge in [0.05, 0.1) is 17.6 Å². The molecule has 0 aromatic carbocycles. The van der Waals surface area contributed by atoms with Crippen LogP contribution in [0.3, 0.4) is 0 Å². The smallest absolute Gasteiger partial charge is 0.255 e. The van der Waals surface area contributed by atoms with Crippen LogP contribution in [0, 0.1) is 0 Å². The summed E-state index contributed by atoms with van der Waals surface area (Å²) in [7, 11) is -3.05. The number of amides is 1. The van der Waals surface area contributed by atoms with Crippen LogP contribution in [-0.2, 0) is 9.84 Å². The molecule has 0 saturated heterocycles. The van der Waals surface area contributed by atoms with E-state index in [4.69, 9.17) is 4.42 Å². The summed E-state index contributed by atoms with van der Waals surface area (Å²) < 4.78 is 26.8. The maximum atomic E-state index is 11.4. The summed E-state index contributed by atoms with van der Waals surface area (Å²) in [5.41, 5.74) is 0.350. The summed E-state index contributed by atoms with van der Waals surface area (Å²) >= 11 is 3.05. The van der Waals surface area contributed by atoms with Crippen molar-refractivity contribution in [2.24, 2.45) is 0 Å². The van der Waals surface area contributed by atoms with Crippen molar-refractivity contribution in [2.75, 3.05) is 18.6 Å². The molecule has 1 rings (SSSR count). The first-order valence-corrected chi connectivity index (χ1v) is 6.94. The van der Waals surface area contributed by atoms with Gasteiger partial charge in [0.2, 0.25) is 0 Å². The van der Waals surface area contributed by atoms with Gasteiger partial charge in [-0.25, -0.2) is 8.42 Å². The Balaban J connectivity index is 2.48. The van der Waals surface area contributed by atoms with Gasteiger partial charge in [0.1, 0.15) is 9.84 Å². The van der Waals surface area contributed by atoms with Crippen LogP contribution in [0.4, 0.5) is 0 Å². The average molecular weight is 296 g/mol. The molecule has 0 unspecified atom stereocenters. The molecule has 0 radical (unpaired) electrons. The van der Waals surface area contributed by atoms with Crippen LogP contribution in [0.25, 0.3) is 0 Å². The molecule has 15 heavy (non-hydrogen) atoms. The van der Waals surface area contributed by atoms with Gasteiger partial charge in [-0.3, -0.25) is 4.79 Å². The fourth-order valence-corrected chi connectivity index (χ4v) is 1.79. The lowest BCUT2D eigenvalue weighted by atomic mass is 10.3. The third kappa shape index (κ3) is 4.05. The molecule has 5 nitrogen and oxygen atoms in total. The van der Waals surface area contributed by atoms with E-state index in [1.165, 1.54) is 12.3 Å². The Hall–Kier alpha value is -0.820. The lowest BCUT2D eigenvalue weighted by Gasteiger charge is -2.02. The summed E-state index contributed by atoms with van der Waals surface area (Å²) in [6.07, 6.45) is 2.49. The molecule has 7 heteroatoms. The van der Waals surface area contributed by atoms with Crippen molar-refractivity contribution in [2.45, 2.75) is 0 Å². The second-order valence-electron chi connectivity index (χ2n) is 2.99. The predicted molar refractivity (Wildman–Crippen MR) is 58.5 cm³/mol. The first-order chi connectivity index (χ1) is 6.90. The van der Waals surface area contributed by atoms with Gasteiger partial charge in [0.15, 0.2) is 4.67 Å². The first kappa shape index (κ1) is 12.3. The number of furan rings is 1. The molecule has 0 atom stereocenters. The van der Waals surface area contributed by atoms with Crippen molar-refractivity contribution in [3.63, 3.8) is 0 Å². The summed E-state index contributed by atoms with van der Waals surface area (Å²) in [6, 6.07) is 1.50. The molecule has 0 aliphatic carbocycles. The van der Waals surface area contributed by atoms with Crippen molar-refractivity contribution in [1.82, 2.24) is 5.32 Å². The van der Waals surface area contributed by atoms with Gasteiger partial charge in [0.25, 0.3) is 5.91 Å². The average Bonchev–Trinajstić information content (AvgIpc) is 2.48. The van der Waals surface area contributed by atoms with Gasteiger partial charge < -0.3 is 9.73 Å². The first-order valence-electron chi connectivity index (χ1n) is 4.09. The molecular weight excluding hydrogens is 286 g/mol. The van der Waals surface area contributed by atoms with E-state index in [1.807, 2.05) is 0 Å². The van der Waals surface area contributed by atoms with E-state index in [2.05, 4.69) is 21.2 Å². The molecule has 1 N–H and O–H groups in total. The Bertz CT molecular complexity index is 451. The Morgan fingerprint density at radius 1 is 1.60 bits per heavy atom. The van der Waals surface area contributed by atoms with Crippen LogP contribution >= 0.6 is 15.9 Å². The molecule has 1 heterocycles. The molecular formula is C8H10BrNO4S. The van der Waals surface area contributed by atoms with Crippen LogP contribution in [0.1, 0.15) is 10.4 Å². The number of hydrogen-bond acceptors (Lipinski definition) is 4. The van der Waals surface area contributed by atoms with Crippen LogP contribution in [0.2, 0.25) is 0 Å². The Labute approximate surface area is 95.9 Å². The highest BCUT2D eigenvalue weighted by atomic mass is 79.9. The van der Waals surface area contributed by atoms with Crippen LogP contribution in [-0.4, -0.2) is 32.9 Å². The van der Waals surface area contributed by atoms with Crippen molar-refractivity contribution >= 4 is 31.7 Å². The van der Waals surface area contributed by atoms with E-state index in [0.29, 0.717) is 10.2 Å². The van der Waals surface area contributed by atoms with Crippen LogP contribution in [0.5, 0.6) is 0 Å². The highest BCUT2D eigenvalue weighted by Gasteiger charge is 2.12. The van der Waals surface area contributed by atoms with Gasteiger partial charge in [-0.05, 0) is 22.0 Å². The van der Waals surface area contributed by atoms with E-state index in [0.717, 1.165) is 6.26 Å². The Morgan fingerprint density at radius 3 is 2.73 bits per heavy atom. The maximum Gasteiger partial charge on any atom is 0.255 e. The van der Waals surface area contributed by atoms with E-state index >= 15 is 0 Å². The van der Waals surface area contributed by atoms with E-state index < -0.39 is 9.84 Å². The molecule has 0 saturated carbocycles. The fraction of sp³-hybridized carbons (Fsp3) is 0.375. The third-order valence-corrected chi connectivity index (χ3v) is 3.18. The minimum Gasteiger partial charge on any atom is -0.457 e. The number of sulfone groups is 1. The number of rotatable bonds is 4. The molecule has 1 aromatic heterocycles. The summed E-state index contributed by atoms with van der Waals surface area (Å²) in [4.78, 5) is 11.4. The highest BCUT2D eigenvalue weighted by molar-refractivity contribution is 9.10. The quantitative estimate of drug-likeness (QED) is 0.892. The minimum absolute atomic E-state index is 0.0752. The molecule has 84 valence electrons. The molecule has 0 spiro atoms. The number of hydrogen-bond donors (Lipinski definition) is 1. The second-order valence-corrected chi connectivity index (χ2v) is 5.97. The molecule has 0 aliphatic heterocycles. The number of halogens is 1. The zero-order valence-corrected chi connectivity index (χ0v) is 10.4. The van der Waals surface area contributed by atoms with Gasteiger partial charge in [0, 0.05) is 12.8 Å². The molecule has 1 amide bonds. The summed E-state index contributed by atoms with van der Waals surface area (Å²) in [6.45, 7) is 0.0925. The highest BCUT2D eigenvalue weighted by Crippen LogP contribution is 2.16. The van der Waals surface area contributed by atoms with Crippen molar-refractivity contribution in [3.05, 3.63) is 22.6 Å². The number of carbonyl (C=O) groups is 1. The summed E-state index contributed by atoms with van der Waals surface area (Å²) in [5.74, 6) is -0.437. The standard InChI is InChI=1S/C8H10BrNO4S/c1-15(12,13)5-3-10-8(11)6-2-4-14-7(6)9/h2,4H,3,5H2,1H3,(H,10,11). The molecule has 0 bridgehead atoms. The lowest BCUT2D eigenvalue weighted by Crippen LogP contribution is -2.28. The monoisotopic (exact) mass is 295 g/mol. The zero-order chi connectivity index (χ0) is 11.5. The normalized spacial score (nSPS) is 11.3. The maximum absolute atomic E-state index is 11.4. The number of carbonyl (C=O) groups excluding carboxylic acids is 1. The number of nitrogens with one attached hydrogen (secondary N) is 1. The van der Waals surface area contributed by atoms with Crippen LogP contribution in [0.15, 0.2) is 21.4 Å². The van der Waals surface area contributed by atoms with Crippen LogP contribution < -0.4 is 5.32 Å². The lowest BCUT2D eigenvalue weighted by molar-refractivity contribution is 0.0954. The third-order valence-electron chi connectivity index (χ3n) is 1.62.